The van der Waals surface area contributed by atoms with Gasteiger partial charge in [-0.15, -0.1) is 0 Å². The maximum absolute atomic E-state index is 13.1. The number of unbranched alkanes of at least 4 members (excludes halogenated alkanes) is 38. The minimum atomic E-state index is -4.96. The summed E-state index contributed by atoms with van der Waals surface area (Å²) in [5.41, 5.74) is 0. The highest BCUT2D eigenvalue weighted by atomic mass is 31.2. The van der Waals surface area contributed by atoms with Gasteiger partial charge in [-0.1, -0.05) is 303 Å². The Hall–Kier alpha value is -2.46. The van der Waals surface area contributed by atoms with Gasteiger partial charge in [0.15, 0.2) is 12.2 Å². The second-order valence-corrected chi connectivity index (χ2v) is 29.9. The summed E-state index contributed by atoms with van der Waals surface area (Å²) >= 11 is 0. The van der Waals surface area contributed by atoms with Crippen LogP contribution in [0.5, 0.6) is 0 Å². The lowest BCUT2D eigenvalue weighted by Crippen LogP contribution is -2.30. The fourth-order valence-corrected chi connectivity index (χ4v) is 12.3. The molecule has 0 bridgehead atoms. The number of phosphoric ester groups is 2. The Morgan fingerprint density at radius 3 is 0.882 bits per heavy atom. The number of aliphatic hydroxyl groups is 1. The fraction of sp³-hybridized carbons (Fsp3) is 0.892. The van der Waals surface area contributed by atoms with Gasteiger partial charge in [0.1, 0.15) is 19.3 Å². The molecule has 0 aromatic heterocycles. The van der Waals surface area contributed by atoms with Crippen molar-refractivity contribution in [2.75, 3.05) is 39.6 Å². The Balaban J connectivity index is 5.28. The molecule has 0 spiro atoms. The second kappa shape index (κ2) is 65.5. The molecule has 17 nitrogen and oxygen atoms in total. The van der Waals surface area contributed by atoms with Crippen molar-refractivity contribution in [2.24, 2.45) is 11.8 Å². The molecule has 0 amide bonds. The first-order chi connectivity index (χ1) is 44.9. The lowest BCUT2D eigenvalue weighted by atomic mass is 10.0. The molecule has 3 N–H and O–H groups in total. The van der Waals surface area contributed by atoms with Crippen LogP contribution in [0.1, 0.15) is 356 Å². The van der Waals surface area contributed by atoms with Gasteiger partial charge in [0.05, 0.1) is 26.4 Å². The number of carbonyl (C=O) groups is 4. The van der Waals surface area contributed by atoms with E-state index in [9.17, 15) is 43.2 Å². The number of carbonyl (C=O) groups excluding carboxylic acids is 4. The molecule has 0 aromatic carbocycles. The summed E-state index contributed by atoms with van der Waals surface area (Å²) < 4.78 is 68.4. The predicted molar refractivity (Wildman–Crippen MR) is 377 cm³/mol. The van der Waals surface area contributed by atoms with E-state index in [2.05, 4.69) is 65.8 Å². The topological polar surface area (TPSA) is 237 Å². The average Bonchev–Trinajstić information content (AvgIpc) is 3.61. The Kier molecular flexibility index (Phi) is 63.7. The Bertz CT molecular complexity index is 1900. The zero-order chi connectivity index (χ0) is 68.6. The number of ether oxygens (including phenoxy) is 4. The molecule has 0 aliphatic heterocycles. The lowest BCUT2D eigenvalue weighted by molar-refractivity contribution is -0.161. The van der Waals surface area contributed by atoms with Crippen LogP contribution in [0.3, 0.4) is 0 Å². The molecule has 0 aliphatic rings. The van der Waals surface area contributed by atoms with E-state index < -0.39 is 97.5 Å². The van der Waals surface area contributed by atoms with E-state index >= 15 is 0 Å². The standard InChI is InChI=1S/C74H140O17P2/c1-7-9-11-13-15-17-19-21-23-25-27-29-31-40-46-52-58-73(78)90-69(62-84-71(76)56-50-44-38-30-28-26-24-22-20-18-16-14-12-10-8-2)64-88-92(80,81)86-60-68(75)61-87-93(82,83)89-65-70(91-74(79)59-53-47-41-35-33-37-43-49-55-67(5)6)63-85-72(77)57-51-45-39-34-32-36-42-48-54-66(3)4/h18,20,22,24,66-70,75H,7-17,19,21,23,25-65H2,1-6H3,(H,80,81)(H,82,83)/b20-18-,24-22-/t68-,69-,70-/m1/s1. The third-order valence-corrected chi connectivity index (χ3v) is 18.5. The van der Waals surface area contributed by atoms with Crippen molar-refractivity contribution in [1.82, 2.24) is 0 Å². The summed E-state index contributed by atoms with van der Waals surface area (Å²) in [6.45, 7) is 9.43. The van der Waals surface area contributed by atoms with Crippen LogP contribution in [0.15, 0.2) is 24.3 Å². The van der Waals surface area contributed by atoms with E-state index in [1.807, 2.05) is 0 Å². The molecule has 19 heteroatoms. The first kappa shape index (κ1) is 90.5. The molecule has 0 saturated heterocycles. The third kappa shape index (κ3) is 67.9. The zero-order valence-corrected chi connectivity index (χ0v) is 61.8. The monoisotopic (exact) mass is 1360 g/mol. The van der Waals surface area contributed by atoms with Crippen LogP contribution in [-0.2, 0) is 65.4 Å². The summed E-state index contributed by atoms with van der Waals surface area (Å²) in [6, 6.07) is 0. The molecular weight excluding hydrogens is 1220 g/mol. The van der Waals surface area contributed by atoms with E-state index in [0.717, 1.165) is 115 Å². The number of aliphatic hydroxyl groups excluding tert-OH is 1. The van der Waals surface area contributed by atoms with Crippen molar-refractivity contribution in [3.8, 4) is 0 Å². The highest BCUT2D eigenvalue weighted by Gasteiger charge is 2.30. The van der Waals surface area contributed by atoms with E-state index in [0.29, 0.717) is 31.6 Å². The molecule has 0 aromatic rings. The van der Waals surface area contributed by atoms with Crippen LogP contribution in [0.4, 0.5) is 0 Å². The van der Waals surface area contributed by atoms with Crippen LogP contribution in [0, 0.1) is 11.8 Å². The van der Waals surface area contributed by atoms with E-state index in [-0.39, 0.29) is 25.7 Å². The molecule has 0 saturated carbocycles. The number of rotatable bonds is 71. The van der Waals surface area contributed by atoms with E-state index in [4.69, 9.17) is 37.0 Å². The van der Waals surface area contributed by atoms with Crippen molar-refractivity contribution in [3.63, 3.8) is 0 Å². The lowest BCUT2D eigenvalue weighted by Gasteiger charge is -2.21. The summed E-state index contributed by atoms with van der Waals surface area (Å²) in [4.78, 5) is 72.7. The highest BCUT2D eigenvalue weighted by Crippen LogP contribution is 2.45. The van der Waals surface area contributed by atoms with Crippen molar-refractivity contribution < 1.29 is 80.2 Å². The van der Waals surface area contributed by atoms with Gasteiger partial charge in [-0.2, -0.15) is 0 Å². The quantitative estimate of drug-likeness (QED) is 0.0169. The van der Waals surface area contributed by atoms with E-state index in [1.54, 1.807) is 0 Å². The maximum Gasteiger partial charge on any atom is 0.472 e. The summed E-state index contributed by atoms with van der Waals surface area (Å²) in [5, 5.41) is 10.6. The predicted octanol–water partition coefficient (Wildman–Crippen LogP) is 21.1. The minimum absolute atomic E-state index is 0.101. The normalized spacial score (nSPS) is 14.2. The maximum atomic E-state index is 13.1. The van der Waals surface area contributed by atoms with Crippen molar-refractivity contribution in [1.29, 1.82) is 0 Å². The SMILES string of the molecule is CCCCCC/C=C\C=C/CCCCCCCC(=O)OC[C@H](COP(=O)(O)OC[C@@H](O)COP(=O)(O)OC[C@@H](COC(=O)CCCCCCCCCCC(C)C)OC(=O)CCCCCCCCCCC(C)C)OC(=O)CCCCCCCCCCCCCCCCCC. The van der Waals surface area contributed by atoms with Gasteiger partial charge in [-0.25, -0.2) is 9.13 Å². The van der Waals surface area contributed by atoms with Gasteiger partial charge in [0.2, 0.25) is 0 Å². The summed E-state index contributed by atoms with van der Waals surface area (Å²) in [6.07, 6.45) is 55.0. The molecule has 0 aliphatic carbocycles. The van der Waals surface area contributed by atoms with Crippen LogP contribution < -0.4 is 0 Å². The Morgan fingerprint density at radius 1 is 0.333 bits per heavy atom. The summed E-state index contributed by atoms with van der Waals surface area (Å²) in [5.74, 6) is -0.709. The molecule has 5 atom stereocenters. The molecule has 0 heterocycles. The third-order valence-electron chi connectivity index (χ3n) is 16.6. The van der Waals surface area contributed by atoms with Crippen molar-refractivity contribution in [2.45, 2.75) is 374 Å². The zero-order valence-electron chi connectivity index (χ0n) is 60.0. The minimum Gasteiger partial charge on any atom is -0.462 e. The van der Waals surface area contributed by atoms with Crippen molar-refractivity contribution in [3.05, 3.63) is 24.3 Å². The average molecular weight is 1360 g/mol. The number of hydrogen-bond acceptors (Lipinski definition) is 15. The molecule has 0 rings (SSSR count). The van der Waals surface area contributed by atoms with Crippen LogP contribution in [0.25, 0.3) is 0 Å². The number of hydrogen-bond donors (Lipinski definition) is 3. The van der Waals surface area contributed by atoms with Gasteiger partial charge in [-0.05, 0) is 63.2 Å². The van der Waals surface area contributed by atoms with Crippen LogP contribution >= 0.6 is 15.6 Å². The first-order valence-electron chi connectivity index (χ1n) is 37.8. The van der Waals surface area contributed by atoms with Gasteiger partial charge in [-0.3, -0.25) is 37.3 Å². The van der Waals surface area contributed by atoms with Gasteiger partial charge in [0, 0.05) is 25.7 Å². The molecule has 93 heavy (non-hydrogen) atoms. The van der Waals surface area contributed by atoms with Gasteiger partial charge in [0.25, 0.3) is 0 Å². The highest BCUT2D eigenvalue weighted by molar-refractivity contribution is 7.47. The Labute approximate surface area is 567 Å². The Morgan fingerprint density at radius 2 is 0.581 bits per heavy atom. The molecular formula is C74H140O17P2. The molecule has 2 unspecified atom stereocenters. The van der Waals surface area contributed by atoms with Crippen molar-refractivity contribution >= 4 is 39.5 Å². The molecule has 0 radical (unpaired) electrons. The van der Waals surface area contributed by atoms with Crippen LogP contribution in [-0.4, -0.2) is 96.7 Å². The number of allylic oxidation sites excluding steroid dienone is 4. The molecule has 0 fully saturated rings. The largest absolute Gasteiger partial charge is 0.472 e. The number of phosphoric acid groups is 2. The summed E-state index contributed by atoms with van der Waals surface area (Å²) in [7, 11) is -9.92. The number of esters is 4. The van der Waals surface area contributed by atoms with Crippen LogP contribution in [0.2, 0.25) is 0 Å². The molecule has 548 valence electrons. The fourth-order valence-electron chi connectivity index (χ4n) is 10.8. The smallest absolute Gasteiger partial charge is 0.462 e. The van der Waals surface area contributed by atoms with Gasteiger partial charge < -0.3 is 33.8 Å². The van der Waals surface area contributed by atoms with E-state index in [1.165, 1.54) is 154 Å². The van der Waals surface area contributed by atoms with Gasteiger partial charge >= 0.3 is 39.5 Å². The first-order valence-corrected chi connectivity index (χ1v) is 40.8. The second-order valence-electron chi connectivity index (χ2n) is 27.0.